The number of halogens is 1. The van der Waals surface area contributed by atoms with Crippen LogP contribution in [0.15, 0.2) is 24.3 Å². The van der Waals surface area contributed by atoms with E-state index in [1.54, 1.807) is 0 Å². The maximum Gasteiger partial charge on any atom is 0.237 e. The summed E-state index contributed by atoms with van der Waals surface area (Å²) in [6, 6.07) is 7.52. The van der Waals surface area contributed by atoms with Crippen LogP contribution in [-0.2, 0) is 4.79 Å². The van der Waals surface area contributed by atoms with Gasteiger partial charge >= 0.3 is 0 Å². The minimum atomic E-state index is -0.0737. The Morgan fingerprint density at radius 2 is 2.32 bits per heavy atom. The van der Waals surface area contributed by atoms with Crippen molar-refractivity contribution in [3.8, 4) is 0 Å². The zero-order valence-corrected chi connectivity index (χ0v) is 12.2. The fourth-order valence-corrected chi connectivity index (χ4v) is 2.76. The van der Waals surface area contributed by atoms with Gasteiger partial charge < -0.3 is 10.6 Å². The lowest BCUT2D eigenvalue weighted by Gasteiger charge is -2.30. The second-order valence-corrected chi connectivity index (χ2v) is 5.77. The molecule has 104 valence electrons. The Balaban J connectivity index is 1.98. The van der Waals surface area contributed by atoms with E-state index >= 15 is 0 Å². The van der Waals surface area contributed by atoms with Gasteiger partial charge in [0.1, 0.15) is 0 Å². The van der Waals surface area contributed by atoms with Gasteiger partial charge in [-0.1, -0.05) is 30.7 Å². The first-order valence-corrected chi connectivity index (χ1v) is 7.25. The highest BCUT2D eigenvalue weighted by Crippen LogP contribution is 2.19. The van der Waals surface area contributed by atoms with Crippen molar-refractivity contribution in [1.29, 1.82) is 0 Å². The smallest absolute Gasteiger partial charge is 0.237 e. The molecule has 2 N–H and O–H groups in total. The van der Waals surface area contributed by atoms with Gasteiger partial charge in [0.2, 0.25) is 5.91 Å². The molecule has 0 bridgehead atoms. The van der Waals surface area contributed by atoms with E-state index in [9.17, 15) is 4.79 Å². The van der Waals surface area contributed by atoms with Crippen molar-refractivity contribution < 1.29 is 4.79 Å². The number of amides is 1. The summed E-state index contributed by atoms with van der Waals surface area (Å²) in [6.07, 6.45) is 2.26. The van der Waals surface area contributed by atoms with E-state index in [1.807, 2.05) is 31.2 Å². The van der Waals surface area contributed by atoms with Crippen LogP contribution in [0.5, 0.6) is 0 Å². The molecule has 0 aromatic heterocycles. The van der Waals surface area contributed by atoms with Crippen LogP contribution < -0.4 is 10.6 Å². The number of carbonyl (C=O) groups is 1. The van der Waals surface area contributed by atoms with Gasteiger partial charge in [0.15, 0.2) is 0 Å². The SMILES string of the molecule is CC1CCCNC1C(=O)N[C@H](C)c1cccc(Cl)c1. The number of piperidine rings is 1. The van der Waals surface area contributed by atoms with Gasteiger partial charge in [0, 0.05) is 5.02 Å². The molecule has 1 aromatic carbocycles. The second-order valence-electron chi connectivity index (χ2n) is 5.34. The van der Waals surface area contributed by atoms with Crippen molar-refractivity contribution in [2.24, 2.45) is 5.92 Å². The molecule has 0 saturated carbocycles. The van der Waals surface area contributed by atoms with Crippen molar-refractivity contribution >= 4 is 17.5 Å². The van der Waals surface area contributed by atoms with Crippen molar-refractivity contribution in [2.75, 3.05) is 6.54 Å². The summed E-state index contributed by atoms with van der Waals surface area (Å²) in [4.78, 5) is 12.3. The van der Waals surface area contributed by atoms with Crippen molar-refractivity contribution in [3.63, 3.8) is 0 Å². The van der Waals surface area contributed by atoms with E-state index < -0.39 is 0 Å². The molecule has 1 amide bonds. The molecule has 0 radical (unpaired) electrons. The highest BCUT2D eigenvalue weighted by atomic mass is 35.5. The molecule has 2 unspecified atom stereocenters. The maximum absolute atomic E-state index is 12.3. The van der Waals surface area contributed by atoms with E-state index in [1.165, 1.54) is 0 Å². The third-order valence-electron chi connectivity index (χ3n) is 3.76. The molecule has 1 fully saturated rings. The zero-order chi connectivity index (χ0) is 13.8. The Morgan fingerprint density at radius 3 is 3.00 bits per heavy atom. The summed E-state index contributed by atoms with van der Waals surface area (Å²) in [5.41, 5.74) is 1.03. The number of carbonyl (C=O) groups excluding carboxylic acids is 1. The molecular weight excluding hydrogens is 260 g/mol. The zero-order valence-electron chi connectivity index (χ0n) is 11.4. The number of hydrogen-bond acceptors (Lipinski definition) is 2. The van der Waals surface area contributed by atoms with E-state index in [0.717, 1.165) is 24.9 Å². The van der Waals surface area contributed by atoms with Gasteiger partial charge in [-0.15, -0.1) is 0 Å². The number of nitrogens with one attached hydrogen (secondary N) is 2. The van der Waals surface area contributed by atoms with Crippen LogP contribution in [0.25, 0.3) is 0 Å². The first-order chi connectivity index (χ1) is 9.08. The summed E-state index contributed by atoms with van der Waals surface area (Å²) in [5.74, 6) is 0.472. The minimum absolute atomic E-state index is 0.0258. The Kier molecular flexibility index (Phi) is 4.83. The molecule has 19 heavy (non-hydrogen) atoms. The average Bonchev–Trinajstić information content (AvgIpc) is 2.39. The van der Waals surface area contributed by atoms with Gasteiger partial charge in [0.25, 0.3) is 0 Å². The molecule has 3 nitrogen and oxygen atoms in total. The predicted octanol–water partition coefficient (Wildman–Crippen LogP) is 2.91. The summed E-state index contributed by atoms with van der Waals surface area (Å²) >= 11 is 5.97. The topological polar surface area (TPSA) is 41.1 Å². The van der Waals surface area contributed by atoms with Crippen LogP contribution in [0.3, 0.4) is 0 Å². The van der Waals surface area contributed by atoms with Crippen molar-refractivity contribution in [1.82, 2.24) is 10.6 Å². The fourth-order valence-electron chi connectivity index (χ4n) is 2.56. The van der Waals surface area contributed by atoms with Crippen LogP contribution in [0, 0.1) is 5.92 Å². The minimum Gasteiger partial charge on any atom is -0.348 e. The number of benzene rings is 1. The van der Waals surface area contributed by atoms with Gasteiger partial charge in [-0.25, -0.2) is 0 Å². The third-order valence-corrected chi connectivity index (χ3v) is 3.99. The summed E-state index contributed by atoms with van der Waals surface area (Å²) < 4.78 is 0. The lowest BCUT2D eigenvalue weighted by Crippen LogP contribution is -2.51. The highest BCUT2D eigenvalue weighted by Gasteiger charge is 2.28. The van der Waals surface area contributed by atoms with Crippen LogP contribution in [-0.4, -0.2) is 18.5 Å². The molecule has 2 rings (SSSR count). The van der Waals surface area contributed by atoms with Crippen molar-refractivity contribution in [3.05, 3.63) is 34.9 Å². The Bertz CT molecular complexity index is 450. The highest BCUT2D eigenvalue weighted by molar-refractivity contribution is 6.30. The van der Waals surface area contributed by atoms with Gasteiger partial charge in [0.05, 0.1) is 12.1 Å². The molecule has 1 aliphatic rings. The standard InChI is InChI=1S/C15H21ClN2O/c1-10-5-4-8-17-14(10)15(19)18-11(2)12-6-3-7-13(16)9-12/h3,6-7,9-11,14,17H,4-5,8H2,1-2H3,(H,18,19)/t10?,11-,14?/m1/s1. The molecule has 1 heterocycles. The van der Waals surface area contributed by atoms with Crippen LogP contribution in [0.4, 0.5) is 0 Å². The number of rotatable bonds is 3. The fraction of sp³-hybridized carbons (Fsp3) is 0.533. The average molecular weight is 281 g/mol. The normalized spacial score (nSPS) is 24.8. The van der Waals surface area contributed by atoms with Crippen LogP contribution in [0.2, 0.25) is 5.02 Å². The quantitative estimate of drug-likeness (QED) is 0.894. The predicted molar refractivity (Wildman–Crippen MR) is 78.2 cm³/mol. The summed E-state index contributed by atoms with van der Waals surface area (Å²) in [5, 5.41) is 7.06. The first-order valence-electron chi connectivity index (χ1n) is 6.87. The Morgan fingerprint density at radius 1 is 1.53 bits per heavy atom. The second kappa shape index (κ2) is 6.40. The van der Waals surface area contributed by atoms with E-state index in [2.05, 4.69) is 17.6 Å². The molecule has 3 atom stereocenters. The van der Waals surface area contributed by atoms with Crippen LogP contribution >= 0.6 is 11.6 Å². The monoisotopic (exact) mass is 280 g/mol. The lowest BCUT2D eigenvalue weighted by atomic mass is 9.92. The van der Waals surface area contributed by atoms with Gasteiger partial charge in [-0.3, -0.25) is 4.79 Å². The molecule has 1 saturated heterocycles. The first kappa shape index (κ1) is 14.4. The van der Waals surface area contributed by atoms with E-state index in [0.29, 0.717) is 10.9 Å². The lowest BCUT2D eigenvalue weighted by molar-refractivity contribution is -0.125. The van der Waals surface area contributed by atoms with E-state index in [4.69, 9.17) is 11.6 Å². The largest absolute Gasteiger partial charge is 0.348 e. The Labute approximate surface area is 119 Å². The van der Waals surface area contributed by atoms with Gasteiger partial charge in [-0.05, 0) is 49.9 Å². The summed E-state index contributed by atoms with van der Waals surface area (Å²) in [6.45, 7) is 5.03. The van der Waals surface area contributed by atoms with E-state index in [-0.39, 0.29) is 18.0 Å². The van der Waals surface area contributed by atoms with Crippen LogP contribution in [0.1, 0.15) is 38.3 Å². The molecular formula is C15H21ClN2O. The number of hydrogen-bond donors (Lipinski definition) is 2. The molecule has 0 spiro atoms. The Hall–Kier alpha value is -1.06. The maximum atomic E-state index is 12.3. The van der Waals surface area contributed by atoms with Gasteiger partial charge in [-0.2, -0.15) is 0 Å². The van der Waals surface area contributed by atoms with Crippen molar-refractivity contribution in [2.45, 2.75) is 38.8 Å². The molecule has 4 heteroatoms. The third kappa shape index (κ3) is 3.71. The molecule has 1 aromatic rings. The molecule has 0 aliphatic carbocycles. The molecule has 1 aliphatic heterocycles. The summed E-state index contributed by atoms with van der Waals surface area (Å²) in [7, 11) is 0.